The number of methoxy groups -OCH3 is 1. The number of aryl methyl sites for hydroxylation is 1. The van der Waals surface area contributed by atoms with Crippen LogP contribution in [0.3, 0.4) is 0 Å². The highest BCUT2D eigenvalue weighted by Gasteiger charge is 2.25. The van der Waals surface area contributed by atoms with E-state index >= 15 is 0 Å². The van der Waals surface area contributed by atoms with Crippen LogP contribution in [0.5, 0.6) is 11.5 Å². The molecule has 0 radical (unpaired) electrons. The predicted octanol–water partition coefficient (Wildman–Crippen LogP) is 4.16. The summed E-state index contributed by atoms with van der Waals surface area (Å²) in [6, 6.07) is 15.2. The quantitative estimate of drug-likeness (QED) is 0.658. The Morgan fingerprint density at radius 2 is 1.93 bits per heavy atom. The van der Waals surface area contributed by atoms with Gasteiger partial charge in [0.15, 0.2) is 5.78 Å². The lowest BCUT2D eigenvalue weighted by Gasteiger charge is -2.19. The summed E-state index contributed by atoms with van der Waals surface area (Å²) in [4.78, 5) is 13.0. The van der Waals surface area contributed by atoms with E-state index in [-0.39, 0.29) is 12.4 Å². The summed E-state index contributed by atoms with van der Waals surface area (Å²) in [5.41, 5.74) is 4.91. The Morgan fingerprint density at radius 3 is 2.67 bits per heavy atom. The lowest BCUT2D eigenvalue weighted by molar-refractivity contribution is 0.100. The minimum atomic E-state index is -0.0404. The summed E-state index contributed by atoms with van der Waals surface area (Å²) in [6.07, 6.45) is 1.89. The maximum absolute atomic E-state index is 13.0. The van der Waals surface area contributed by atoms with Crippen LogP contribution in [-0.4, -0.2) is 29.3 Å². The topological polar surface area (TPSA) is 53.3 Å². The summed E-state index contributed by atoms with van der Waals surface area (Å²) in [5, 5.41) is 4.64. The third-order valence-electron chi connectivity index (χ3n) is 4.77. The van der Waals surface area contributed by atoms with E-state index in [0.29, 0.717) is 22.6 Å². The molecule has 0 atom stereocenters. The van der Waals surface area contributed by atoms with Gasteiger partial charge < -0.3 is 9.47 Å². The first-order valence-corrected chi connectivity index (χ1v) is 8.76. The van der Waals surface area contributed by atoms with Gasteiger partial charge in [-0.2, -0.15) is 5.10 Å². The maximum atomic E-state index is 13.0. The van der Waals surface area contributed by atoms with Crippen LogP contribution in [0.1, 0.15) is 27.3 Å². The fraction of sp³-hybridized carbons (Fsp3) is 0.182. The Hall–Kier alpha value is -3.34. The molecule has 5 heteroatoms. The zero-order valence-electron chi connectivity index (χ0n) is 15.5. The van der Waals surface area contributed by atoms with E-state index in [0.717, 1.165) is 22.6 Å². The third kappa shape index (κ3) is 3.01. The fourth-order valence-electron chi connectivity index (χ4n) is 3.30. The molecule has 27 heavy (non-hydrogen) atoms. The summed E-state index contributed by atoms with van der Waals surface area (Å²) in [6.45, 7) is 4.20. The third-order valence-corrected chi connectivity index (χ3v) is 4.77. The zero-order chi connectivity index (χ0) is 19.0. The minimum Gasteiger partial charge on any atom is -0.497 e. The van der Waals surface area contributed by atoms with Crippen molar-refractivity contribution in [3.63, 3.8) is 0 Å². The van der Waals surface area contributed by atoms with Gasteiger partial charge in [0.05, 0.1) is 24.1 Å². The van der Waals surface area contributed by atoms with Gasteiger partial charge in [0.25, 0.3) is 0 Å². The first-order chi connectivity index (χ1) is 13.1. The zero-order valence-corrected chi connectivity index (χ0v) is 15.5. The van der Waals surface area contributed by atoms with Crippen molar-refractivity contribution in [3.05, 3.63) is 76.6 Å². The van der Waals surface area contributed by atoms with Crippen molar-refractivity contribution in [2.24, 2.45) is 0 Å². The highest BCUT2D eigenvalue weighted by molar-refractivity contribution is 6.14. The average molecular weight is 360 g/mol. The number of aromatic nitrogens is 2. The largest absolute Gasteiger partial charge is 0.497 e. The molecule has 5 nitrogen and oxygen atoms in total. The molecule has 0 saturated heterocycles. The van der Waals surface area contributed by atoms with Crippen molar-refractivity contribution in [1.29, 1.82) is 0 Å². The molecule has 1 aromatic heterocycles. The SMILES string of the molecule is COc1ccc2c(c1)C(=O)/C(=C\c1c(C)nn(-c3ccccc3)c1C)CO2. The molecule has 0 unspecified atom stereocenters. The molecule has 136 valence electrons. The number of carbonyl (C=O) groups excluding carboxylic acids is 1. The number of rotatable bonds is 3. The molecule has 3 aromatic rings. The second-order valence-corrected chi connectivity index (χ2v) is 6.48. The van der Waals surface area contributed by atoms with E-state index in [1.807, 2.05) is 54.9 Å². The van der Waals surface area contributed by atoms with Crippen molar-refractivity contribution in [2.45, 2.75) is 13.8 Å². The number of nitrogens with zero attached hydrogens (tertiary/aromatic N) is 2. The lowest BCUT2D eigenvalue weighted by atomic mass is 9.97. The average Bonchev–Trinajstić information content (AvgIpc) is 2.98. The summed E-state index contributed by atoms with van der Waals surface area (Å²) < 4.78 is 12.9. The number of Topliss-reactive ketones (excluding diaryl/α,β-unsaturated/α-hetero) is 1. The number of carbonyl (C=O) groups is 1. The van der Waals surface area contributed by atoms with Crippen LogP contribution in [0.4, 0.5) is 0 Å². The molecular weight excluding hydrogens is 340 g/mol. The maximum Gasteiger partial charge on any atom is 0.196 e. The molecule has 1 aliphatic rings. The molecule has 0 N–H and O–H groups in total. The molecule has 0 bridgehead atoms. The van der Waals surface area contributed by atoms with E-state index in [1.165, 1.54) is 0 Å². The van der Waals surface area contributed by atoms with Gasteiger partial charge in [0, 0.05) is 16.8 Å². The number of hydrogen-bond donors (Lipinski definition) is 0. The number of benzene rings is 2. The van der Waals surface area contributed by atoms with Gasteiger partial charge >= 0.3 is 0 Å². The van der Waals surface area contributed by atoms with Crippen molar-refractivity contribution in [1.82, 2.24) is 9.78 Å². The monoisotopic (exact) mass is 360 g/mol. The van der Waals surface area contributed by atoms with Crippen LogP contribution in [0, 0.1) is 13.8 Å². The van der Waals surface area contributed by atoms with E-state index < -0.39 is 0 Å². The van der Waals surface area contributed by atoms with Gasteiger partial charge in [0.1, 0.15) is 18.1 Å². The molecular formula is C22H20N2O3. The van der Waals surface area contributed by atoms with Crippen molar-refractivity contribution >= 4 is 11.9 Å². The van der Waals surface area contributed by atoms with Crippen molar-refractivity contribution in [2.75, 3.05) is 13.7 Å². The van der Waals surface area contributed by atoms with Crippen LogP contribution in [0.25, 0.3) is 11.8 Å². The van der Waals surface area contributed by atoms with Gasteiger partial charge in [-0.3, -0.25) is 4.79 Å². The molecule has 1 aliphatic heterocycles. The number of ether oxygens (including phenoxy) is 2. The highest BCUT2D eigenvalue weighted by atomic mass is 16.5. The van der Waals surface area contributed by atoms with E-state index in [4.69, 9.17) is 9.47 Å². The summed E-state index contributed by atoms with van der Waals surface area (Å²) in [7, 11) is 1.58. The van der Waals surface area contributed by atoms with E-state index in [2.05, 4.69) is 5.10 Å². The van der Waals surface area contributed by atoms with Crippen molar-refractivity contribution < 1.29 is 14.3 Å². The lowest BCUT2D eigenvalue weighted by Crippen LogP contribution is -2.19. The fourth-order valence-corrected chi connectivity index (χ4v) is 3.30. The number of hydrogen-bond acceptors (Lipinski definition) is 4. The first kappa shape index (κ1) is 17.1. The van der Waals surface area contributed by atoms with Gasteiger partial charge in [-0.15, -0.1) is 0 Å². The molecule has 0 fully saturated rings. The summed E-state index contributed by atoms with van der Waals surface area (Å²) >= 11 is 0. The van der Waals surface area contributed by atoms with Crippen molar-refractivity contribution in [3.8, 4) is 17.2 Å². The van der Waals surface area contributed by atoms with Crippen LogP contribution in [0.15, 0.2) is 54.1 Å². The number of ketones is 1. The Morgan fingerprint density at radius 1 is 1.15 bits per heavy atom. The molecule has 0 spiro atoms. The second kappa shape index (κ2) is 6.76. The van der Waals surface area contributed by atoms with Gasteiger partial charge in [-0.1, -0.05) is 18.2 Å². The standard InChI is InChI=1S/C22H20N2O3/c1-14-19(15(2)24(23-14)17-7-5-4-6-8-17)11-16-13-27-21-10-9-18(26-3)12-20(21)22(16)25/h4-12H,13H2,1-3H3/b16-11-. The highest BCUT2D eigenvalue weighted by Crippen LogP contribution is 2.32. The normalized spacial score (nSPS) is 14.8. The number of fused-ring (bicyclic) bond motifs is 1. The predicted molar refractivity (Wildman–Crippen MR) is 104 cm³/mol. The van der Waals surface area contributed by atoms with Crippen LogP contribution < -0.4 is 9.47 Å². The Balaban J connectivity index is 1.74. The van der Waals surface area contributed by atoms with Crippen LogP contribution in [0.2, 0.25) is 0 Å². The molecule has 2 aromatic carbocycles. The molecule has 4 rings (SSSR count). The molecule has 2 heterocycles. The first-order valence-electron chi connectivity index (χ1n) is 8.76. The smallest absolute Gasteiger partial charge is 0.196 e. The second-order valence-electron chi connectivity index (χ2n) is 6.48. The summed E-state index contributed by atoms with van der Waals surface area (Å²) in [5.74, 6) is 1.18. The Kier molecular flexibility index (Phi) is 4.28. The van der Waals surface area contributed by atoms with Crippen LogP contribution >= 0.6 is 0 Å². The molecule has 0 aliphatic carbocycles. The molecule has 0 amide bonds. The van der Waals surface area contributed by atoms with Gasteiger partial charge in [-0.05, 0) is 50.3 Å². The van der Waals surface area contributed by atoms with E-state index in [9.17, 15) is 4.79 Å². The number of para-hydroxylation sites is 1. The van der Waals surface area contributed by atoms with Crippen LogP contribution in [-0.2, 0) is 0 Å². The minimum absolute atomic E-state index is 0.0404. The Bertz CT molecular complexity index is 1050. The Labute approximate surface area is 157 Å². The molecule has 0 saturated carbocycles. The van der Waals surface area contributed by atoms with E-state index in [1.54, 1.807) is 25.3 Å². The van der Waals surface area contributed by atoms with Gasteiger partial charge in [0.2, 0.25) is 0 Å². The van der Waals surface area contributed by atoms with Gasteiger partial charge in [-0.25, -0.2) is 4.68 Å².